The first-order chi connectivity index (χ1) is 9.38. The lowest BCUT2D eigenvalue weighted by molar-refractivity contribution is -0.639. The van der Waals surface area contributed by atoms with Crippen molar-refractivity contribution in [2.24, 2.45) is 0 Å². The second-order valence-electron chi connectivity index (χ2n) is 5.14. The lowest BCUT2D eigenvalue weighted by Gasteiger charge is -2.07. The van der Waals surface area contributed by atoms with E-state index in [2.05, 4.69) is 27.6 Å². The van der Waals surface area contributed by atoms with Gasteiger partial charge >= 0.3 is 0 Å². The lowest BCUT2D eigenvalue weighted by atomic mass is 9.96. The first-order valence-electron chi connectivity index (χ1n) is 5.92. The fraction of sp³-hybridized carbons (Fsp3) is 0.333. The molecule has 0 radical (unpaired) electrons. The van der Waals surface area contributed by atoms with Gasteiger partial charge in [-0.15, -0.1) is 0 Å². The Kier molecular flexibility index (Phi) is 4.21. The summed E-state index contributed by atoms with van der Waals surface area (Å²) in [5.41, 5.74) is 2.96. The topological polar surface area (TPSA) is 75.7 Å². The van der Waals surface area contributed by atoms with E-state index in [1.807, 2.05) is 41.0 Å². The van der Waals surface area contributed by atoms with E-state index in [1.54, 1.807) is 0 Å². The second kappa shape index (κ2) is 5.73. The van der Waals surface area contributed by atoms with E-state index < -0.39 is 0 Å². The Morgan fingerprint density at radius 1 is 1.50 bits per heavy atom. The molecule has 0 fully saturated rings. The Morgan fingerprint density at radius 2 is 2.25 bits per heavy atom. The third-order valence-electron chi connectivity index (χ3n) is 2.41. The van der Waals surface area contributed by atoms with Gasteiger partial charge in [-0.25, -0.2) is 0 Å². The van der Waals surface area contributed by atoms with Crippen molar-refractivity contribution in [3.63, 3.8) is 0 Å². The van der Waals surface area contributed by atoms with Gasteiger partial charge in [-0.05, 0) is 25.3 Å². The average Bonchev–Trinajstić information content (AvgIpc) is 2.89. The van der Waals surface area contributed by atoms with Gasteiger partial charge in [0.15, 0.2) is 0 Å². The molecule has 1 aliphatic heterocycles. The zero-order valence-corrected chi connectivity index (χ0v) is 13.7. The molecule has 7 nitrogen and oxygen atoms in total. The van der Waals surface area contributed by atoms with Gasteiger partial charge in [0.2, 0.25) is 0 Å². The van der Waals surface area contributed by atoms with Gasteiger partial charge in [-0.2, -0.15) is 5.43 Å². The summed E-state index contributed by atoms with van der Waals surface area (Å²) in [5, 5.41) is 12.0. The van der Waals surface area contributed by atoms with Crippen molar-refractivity contribution < 1.29 is 9.59 Å². The van der Waals surface area contributed by atoms with E-state index in [9.17, 15) is 4.79 Å². The molecule has 0 spiro atoms. The molecule has 0 saturated heterocycles. The van der Waals surface area contributed by atoms with Crippen LogP contribution in [-0.4, -0.2) is 41.7 Å². The molecule has 8 heteroatoms. The highest BCUT2D eigenvalue weighted by Crippen LogP contribution is 2.15. The van der Waals surface area contributed by atoms with Crippen molar-refractivity contribution in [3.05, 3.63) is 27.6 Å². The van der Waals surface area contributed by atoms with Crippen LogP contribution in [0.5, 0.6) is 0 Å². The third-order valence-corrected chi connectivity index (χ3v) is 3.96. The minimum absolute atomic E-state index is 0.0448. The maximum Gasteiger partial charge on any atom is 0.282 e. The van der Waals surface area contributed by atoms with Crippen LogP contribution < -0.4 is 5.43 Å². The molecule has 2 heterocycles. The fourth-order valence-corrected chi connectivity index (χ4v) is 2.72. The number of aromatic nitrogens is 4. The number of tetrazole rings is 1. The van der Waals surface area contributed by atoms with Crippen LogP contribution in [0.15, 0.2) is 21.8 Å². The van der Waals surface area contributed by atoms with E-state index in [1.165, 1.54) is 0 Å². The minimum atomic E-state index is -0.259. The van der Waals surface area contributed by atoms with Crippen LogP contribution in [0.1, 0.15) is 26.6 Å². The summed E-state index contributed by atoms with van der Waals surface area (Å²) < 4.78 is 4.04. The minimum Gasteiger partial charge on any atom is -0.266 e. The molecule has 1 amide bonds. The molecular formula is C12H16IN6O+. The first-order valence-corrected chi connectivity index (χ1v) is 8.41. The van der Waals surface area contributed by atoms with Crippen molar-refractivity contribution >= 4 is 37.4 Å². The summed E-state index contributed by atoms with van der Waals surface area (Å²) in [6.07, 6.45) is 3.62. The molecule has 0 saturated carbocycles. The molecular weight excluding hydrogens is 371 g/mol. The van der Waals surface area contributed by atoms with Crippen LogP contribution in [0.3, 0.4) is 0 Å². The number of nitrogens with zero attached hydrogens (tertiary/aromatic N) is 5. The molecule has 0 atom stereocenters. The maximum atomic E-state index is 12.0. The highest BCUT2D eigenvalue weighted by atomic mass is 127. The monoisotopic (exact) mass is 387 g/mol. The Labute approximate surface area is 126 Å². The predicted molar refractivity (Wildman–Crippen MR) is 84.7 cm³/mol. The Hall–Kier alpha value is -1.71. The number of halogens is 1. The molecule has 0 aliphatic carbocycles. The van der Waals surface area contributed by atoms with Crippen LogP contribution >= 0.6 is 20.7 Å². The van der Waals surface area contributed by atoms with Gasteiger partial charge in [0.1, 0.15) is 10.1 Å². The number of carbonyl (C=O) groups excluding carboxylic acids is 1. The Balaban J connectivity index is 2.07. The van der Waals surface area contributed by atoms with Crippen LogP contribution in [0.25, 0.3) is 0 Å². The predicted octanol–water partition coefficient (Wildman–Crippen LogP) is 0.705. The molecule has 1 N–H and O–H groups in total. The molecule has 1 aromatic heterocycles. The van der Waals surface area contributed by atoms with E-state index in [0.29, 0.717) is 11.4 Å². The normalized spacial score (nSPS) is 14.4. The molecule has 1 aliphatic rings. The summed E-state index contributed by atoms with van der Waals surface area (Å²) >= 11 is -0.0448. The number of amides is 1. The average molecular weight is 387 g/mol. The van der Waals surface area contributed by atoms with Gasteiger partial charge in [0, 0.05) is 16.1 Å². The summed E-state index contributed by atoms with van der Waals surface area (Å²) in [6, 6.07) is 0. The molecule has 20 heavy (non-hydrogen) atoms. The number of hydrazine groups is 1. The van der Waals surface area contributed by atoms with Gasteiger partial charge in [0.05, 0.1) is 6.72 Å². The molecule has 0 aromatic carbocycles. The third kappa shape index (κ3) is 3.44. The molecule has 2 rings (SSSR count). The first kappa shape index (κ1) is 14.7. The number of rotatable bonds is 3. The summed E-state index contributed by atoms with van der Waals surface area (Å²) in [5.74, 6) is 0.320. The molecule has 106 valence electrons. The van der Waals surface area contributed by atoms with E-state index in [0.717, 1.165) is 9.70 Å². The Morgan fingerprint density at radius 3 is 2.80 bits per heavy atom. The SMILES string of the molecule is C=[N+](NC(=O)C1=CC=IC=C1)n1nnc(C(C)(C)C)n1. The number of hydrogen-bond acceptors (Lipinski definition) is 4. The van der Waals surface area contributed by atoms with Crippen molar-refractivity contribution in [2.45, 2.75) is 26.2 Å². The van der Waals surface area contributed by atoms with Crippen LogP contribution in [-0.2, 0) is 10.2 Å². The van der Waals surface area contributed by atoms with Gasteiger partial charge in [-0.1, -0.05) is 46.3 Å². The highest BCUT2D eigenvalue weighted by molar-refractivity contribution is 14.2. The number of carbonyl (C=O) groups is 1. The van der Waals surface area contributed by atoms with E-state index in [-0.39, 0.29) is 32.1 Å². The second-order valence-corrected chi connectivity index (χ2v) is 7.30. The maximum absolute atomic E-state index is 12.0. The summed E-state index contributed by atoms with van der Waals surface area (Å²) in [4.78, 5) is 14.3. The van der Waals surface area contributed by atoms with Crippen LogP contribution in [0, 0.1) is 0 Å². The smallest absolute Gasteiger partial charge is 0.266 e. The largest absolute Gasteiger partial charge is 0.282 e. The standard InChI is InChI=1S/C12H15IN6O/c1-12(2,3)11-14-17-19(16-11)18(4)15-10(20)9-5-7-13-8-6-9/h5-8H,4H2,1-3H3/p+1. The highest BCUT2D eigenvalue weighted by Gasteiger charge is 2.27. The molecule has 0 bridgehead atoms. The van der Waals surface area contributed by atoms with E-state index >= 15 is 0 Å². The van der Waals surface area contributed by atoms with Crippen LogP contribution in [0.4, 0.5) is 0 Å². The van der Waals surface area contributed by atoms with Gasteiger partial charge in [0.25, 0.3) is 11.7 Å². The van der Waals surface area contributed by atoms with Gasteiger partial charge < -0.3 is 0 Å². The van der Waals surface area contributed by atoms with Crippen LogP contribution in [0.2, 0.25) is 0 Å². The van der Waals surface area contributed by atoms with Crippen molar-refractivity contribution in [2.75, 3.05) is 0 Å². The number of allylic oxidation sites excluding steroid dienone is 1. The summed E-state index contributed by atoms with van der Waals surface area (Å²) in [7, 11) is 0. The Bertz CT molecular complexity index is 635. The number of nitrogens with one attached hydrogen (secondary N) is 1. The lowest BCUT2D eigenvalue weighted by Crippen LogP contribution is -2.39. The summed E-state index contributed by atoms with van der Waals surface area (Å²) in [6.45, 7) is 9.63. The quantitative estimate of drug-likeness (QED) is 0.359. The molecule has 1 aromatic rings. The van der Waals surface area contributed by atoms with Crippen molar-refractivity contribution in [3.8, 4) is 0 Å². The number of hydrogen-bond donors (Lipinski definition) is 1. The zero-order chi connectivity index (χ0) is 14.8. The molecule has 0 unspecified atom stereocenters. The van der Waals surface area contributed by atoms with Crippen molar-refractivity contribution in [1.29, 1.82) is 0 Å². The van der Waals surface area contributed by atoms with E-state index in [4.69, 9.17) is 0 Å². The van der Waals surface area contributed by atoms with Gasteiger partial charge in [-0.3, -0.25) is 4.79 Å². The number of hydrazone groups is 1. The van der Waals surface area contributed by atoms with Crippen molar-refractivity contribution in [1.82, 2.24) is 25.7 Å². The fourth-order valence-electron chi connectivity index (χ4n) is 1.29. The zero-order valence-electron chi connectivity index (χ0n) is 11.5.